The molecule has 3 heteroatoms. The molecule has 0 aromatic heterocycles. The number of hydrogen-bond acceptors (Lipinski definition) is 3. The summed E-state index contributed by atoms with van der Waals surface area (Å²) in [7, 11) is 0. The van der Waals surface area contributed by atoms with Gasteiger partial charge < -0.3 is 9.47 Å². The van der Waals surface area contributed by atoms with Gasteiger partial charge >= 0.3 is 5.97 Å². The molecule has 0 saturated heterocycles. The Labute approximate surface area is 121 Å². The first kappa shape index (κ1) is 16.3. The summed E-state index contributed by atoms with van der Waals surface area (Å²) in [6.07, 6.45) is 6.27. The van der Waals surface area contributed by atoms with Crippen molar-refractivity contribution < 1.29 is 14.3 Å². The Morgan fingerprint density at radius 3 is 2.85 bits per heavy atom. The number of carbonyl (C=O) groups excluding carboxylic acids is 1. The Balaban J connectivity index is 2.54. The third-order valence-electron chi connectivity index (χ3n) is 2.92. The first-order valence-corrected chi connectivity index (χ1v) is 7.27. The van der Waals surface area contributed by atoms with Crippen LogP contribution in [-0.2, 0) is 9.53 Å². The number of carbonyl (C=O) groups is 1. The molecular formula is C17H24O3. The maximum atomic E-state index is 11.5. The normalized spacial score (nSPS) is 12.3. The smallest absolute Gasteiger partial charge is 0.330 e. The lowest BCUT2D eigenvalue weighted by Gasteiger charge is -2.12. The molecule has 0 bridgehead atoms. The van der Waals surface area contributed by atoms with Gasteiger partial charge in [-0.25, -0.2) is 4.79 Å². The Kier molecular flexibility index (Phi) is 7.48. The number of rotatable bonds is 8. The zero-order valence-electron chi connectivity index (χ0n) is 12.6. The van der Waals surface area contributed by atoms with Crippen LogP contribution in [0.1, 0.15) is 45.6 Å². The molecule has 0 amide bonds. The molecule has 0 aliphatic rings. The molecule has 0 aliphatic heterocycles. The number of unbranched alkanes of at least 4 members (excludes halogenated alkanes) is 1. The van der Waals surface area contributed by atoms with E-state index in [-0.39, 0.29) is 12.1 Å². The predicted molar refractivity (Wildman–Crippen MR) is 81.7 cm³/mol. The van der Waals surface area contributed by atoms with Gasteiger partial charge in [0, 0.05) is 6.08 Å². The van der Waals surface area contributed by atoms with Crippen LogP contribution in [0.15, 0.2) is 30.3 Å². The van der Waals surface area contributed by atoms with Gasteiger partial charge in [-0.05, 0) is 43.5 Å². The van der Waals surface area contributed by atoms with Gasteiger partial charge in [0.15, 0.2) is 0 Å². The van der Waals surface area contributed by atoms with Crippen LogP contribution in [0.3, 0.4) is 0 Å². The fraction of sp³-hybridized carbons (Fsp3) is 0.471. The number of hydrogen-bond donors (Lipinski definition) is 0. The molecule has 1 aromatic rings. The van der Waals surface area contributed by atoms with Crippen LogP contribution in [0, 0.1) is 0 Å². The minimum absolute atomic E-state index is 0.188. The molecule has 0 saturated carbocycles. The molecule has 0 spiro atoms. The molecule has 0 fully saturated rings. The largest absolute Gasteiger partial charge is 0.491 e. The molecule has 1 atom stereocenters. The maximum absolute atomic E-state index is 11.5. The summed E-state index contributed by atoms with van der Waals surface area (Å²) in [5, 5.41) is 0. The van der Waals surface area contributed by atoms with Crippen molar-refractivity contribution >= 4 is 12.0 Å². The second kappa shape index (κ2) is 9.18. The van der Waals surface area contributed by atoms with Crippen molar-refractivity contribution in [1.29, 1.82) is 0 Å². The molecule has 0 N–H and O–H groups in total. The summed E-state index contributed by atoms with van der Waals surface area (Å²) in [4.78, 5) is 11.5. The highest BCUT2D eigenvalue weighted by Crippen LogP contribution is 2.16. The minimum Gasteiger partial charge on any atom is -0.491 e. The topological polar surface area (TPSA) is 35.5 Å². The molecular weight excluding hydrogens is 252 g/mol. The van der Waals surface area contributed by atoms with Gasteiger partial charge in [0.1, 0.15) is 5.75 Å². The van der Waals surface area contributed by atoms with Crippen molar-refractivity contribution in [2.45, 2.75) is 46.1 Å². The Hall–Kier alpha value is -1.77. The van der Waals surface area contributed by atoms with Crippen LogP contribution < -0.4 is 4.74 Å². The summed E-state index contributed by atoms with van der Waals surface area (Å²) in [5.41, 5.74) is 0.929. The summed E-state index contributed by atoms with van der Waals surface area (Å²) < 4.78 is 10.8. The van der Waals surface area contributed by atoms with Gasteiger partial charge in [-0.3, -0.25) is 0 Å². The Morgan fingerprint density at radius 2 is 2.15 bits per heavy atom. The highest BCUT2D eigenvalue weighted by Gasteiger charge is 2.01. The van der Waals surface area contributed by atoms with Gasteiger partial charge in [-0.2, -0.15) is 0 Å². The Morgan fingerprint density at radius 1 is 1.35 bits per heavy atom. The molecule has 1 rings (SSSR count). The quantitative estimate of drug-likeness (QED) is 0.405. The SMILES string of the molecule is CCCCOC(=O)/C=C/c1cccc(OC(C)CC)c1. The van der Waals surface area contributed by atoms with E-state index in [2.05, 4.69) is 13.8 Å². The fourth-order valence-electron chi connectivity index (χ4n) is 1.54. The zero-order valence-corrected chi connectivity index (χ0v) is 12.6. The van der Waals surface area contributed by atoms with E-state index >= 15 is 0 Å². The van der Waals surface area contributed by atoms with Gasteiger partial charge in [0.25, 0.3) is 0 Å². The highest BCUT2D eigenvalue weighted by atomic mass is 16.5. The fourth-order valence-corrected chi connectivity index (χ4v) is 1.54. The van der Waals surface area contributed by atoms with E-state index in [0.29, 0.717) is 6.61 Å². The van der Waals surface area contributed by atoms with E-state index in [9.17, 15) is 4.79 Å². The monoisotopic (exact) mass is 276 g/mol. The van der Waals surface area contributed by atoms with Gasteiger partial charge in [-0.1, -0.05) is 32.4 Å². The van der Waals surface area contributed by atoms with Crippen LogP contribution >= 0.6 is 0 Å². The second-order valence-electron chi connectivity index (χ2n) is 4.76. The first-order chi connectivity index (χ1) is 9.65. The van der Waals surface area contributed by atoms with Gasteiger partial charge in [0.05, 0.1) is 12.7 Å². The second-order valence-corrected chi connectivity index (χ2v) is 4.76. The summed E-state index contributed by atoms with van der Waals surface area (Å²) in [6, 6.07) is 7.68. The van der Waals surface area contributed by atoms with E-state index in [1.807, 2.05) is 31.2 Å². The van der Waals surface area contributed by atoms with Crippen molar-refractivity contribution in [1.82, 2.24) is 0 Å². The lowest BCUT2D eigenvalue weighted by atomic mass is 10.2. The summed E-state index contributed by atoms with van der Waals surface area (Å²) in [6.45, 7) is 6.66. The molecule has 0 radical (unpaired) electrons. The highest BCUT2D eigenvalue weighted by molar-refractivity contribution is 5.87. The summed E-state index contributed by atoms with van der Waals surface area (Å²) in [5.74, 6) is 0.521. The van der Waals surface area contributed by atoms with E-state index in [1.54, 1.807) is 6.08 Å². The number of esters is 1. The maximum Gasteiger partial charge on any atom is 0.330 e. The van der Waals surface area contributed by atoms with E-state index in [1.165, 1.54) is 6.08 Å². The third kappa shape index (κ3) is 6.41. The van der Waals surface area contributed by atoms with E-state index in [4.69, 9.17) is 9.47 Å². The molecule has 0 heterocycles. The van der Waals surface area contributed by atoms with Crippen LogP contribution in [0.4, 0.5) is 0 Å². The van der Waals surface area contributed by atoms with Crippen molar-refractivity contribution in [2.24, 2.45) is 0 Å². The Bertz CT molecular complexity index is 438. The van der Waals surface area contributed by atoms with Crippen molar-refractivity contribution in [2.75, 3.05) is 6.61 Å². The van der Waals surface area contributed by atoms with Gasteiger partial charge in [-0.15, -0.1) is 0 Å². The van der Waals surface area contributed by atoms with Crippen LogP contribution in [0.5, 0.6) is 5.75 Å². The molecule has 0 aliphatic carbocycles. The van der Waals surface area contributed by atoms with Crippen LogP contribution in [0.2, 0.25) is 0 Å². The third-order valence-corrected chi connectivity index (χ3v) is 2.92. The average molecular weight is 276 g/mol. The van der Waals surface area contributed by atoms with Crippen LogP contribution in [-0.4, -0.2) is 18.7 Å². The lowest BCUT2D eigenvalue weighted by molar-refractivity contribution is -0.137. The number of ether oxygens (including phenoxy) is 2. The predicted octanol–water partition coefficient (Wildman–Crippen LogP) is 4.22. The molecule has 1 aromatic carbocycles. The van der Waals surface area contributed by atoms with Gasteiger partial charge in [0.2, 0.25) is 0 Å². The number of benzene rings is 1. The molecule has 110 valence electrons. The molecule has 1 unspecified atom stereocenters. The standard InChI is InChI=1S/C17H24O3/c1-4-6-12-19-17(18)11-10-15-8-7-9-16(13-15)20-14(3)5-2/h7-11,13-14H,4-6,12H2,1-3H3/b11-10+. The summed E-state index contributed by atoms with van der Waals surface area (Å²) >= 11 is 0. The average Bonchev–Trinajstić information content (AvgIpc) is 2.45. The van der Waals surface area contributed by atoms with Crippen molar-refractivity contribution in [3.63, 3.8) is 0 Å². The van der Waals surface area contributed by atoms with E-state index in [0.717, 1.165) is 30.6 Å². The van der Waals surface area contributed by atoms with Crippen LogP contribution in [0.25, 0.3) is 6.08 Å². The first-order valence-electron chi connectivity index (χ1n) is 7.27. The zero-order chi connectivity index (χ0) is 14.8. The minimum atomic E-state index is -0.299. The lowest BCUT2D eigenvalue weighted by Crippen LogP contribution is -2.09. The van der Waals surface area contributed by atoms with Crippen molar-refractivity contribution in [3.8, 4) is 5.75 Å². The molecule has 3 nitrogen and oxygen atoms in total. The molecule has 20 heavy (non-hydrogen) atoms. The van der Waals surface area contributed by atoms with E-state index < -0.39 is 0 Å². The van der Waals surface area contributed by atoms with Crippen molar-refractivity contribution in [3.05, 3.63) is 35.9 Å².